The molecule has 0 aliphatic carbocycles. The maximum Gasteiger partial charge on any atom is 0.256 e. The molecule has 3 aromatic rings. The van der Waals surface area contributed by atoms with Gasteiger partial charge in [-0.25, -0.2) is 17.6 Å². The Morgan fingerprint density at radius 2 is 1.60 bits per heavy atom. The van der Waals surface area contributed by atoms with Crippen LogP contribution in [0.2, 0.25) is 0 Å². The molecule has 10 heteroatoms. The molecule has 1 atom stereocenters. The van der Waals surface area contributed by atoms with Gasteiger partial charge in [0.15, 0.2) is 11.6 Å². The molecule has 6 nitrogen and oxygen atoms in total. The minimum Gasteiger partial charge on any atom is -0.493 e. The SMILES string of the molecule is C=C(c1ccc(F)cc1F)c1ccc(=O)n(-c2c(F)cc(OCCCN[C@@H](CC(C)C)C(=C)OC(C)(C)C)cc2F)c1N. The van der Waals surface area contributed by atoms with Crippen LogP contribution in [0.1, 0.15) is 58.6 Å². The molecule has 3 rings (SSSR count). The van der Waals surface area contributed by atoms with Gasteiger partial charge in [0.1, 0.15) is 40.2 Å². The molecule has 0 unspecified atom stereocenters. The van der Waals surface area contributed by atoms with Crippen LogP contribution < -0.4 is 21.3 Å². The lowest BCUT2D eigenvalue weighted by molar-refractivity contribution is 0.0378. The second kappa shape index (κ2) is 13.9. The van der Waals surface area contributed by atoms with Gasteiger partial charge < -0.3 is 20.5 Å². The Morgan fingerprint density at radius 1 is 0.977 bits per heavy atom. The fourth-order valence-electron chi connectivity index (χ4n) is 4.56. The Labute approximate surface area is 249 Å². The number of nitrogen functional groups attached to an aromatic ring is 1. The summed E-state index contributed by atoms with van der Waals surface area (Å²) < 4.78 is 70.4. The molecular formula is C33H39F4N3O3. The summed E-state index contributed by atoms with van der Waals surface area (Å²) in [6.45, 7) is 18.6. The summed E-state index contributed by atoms with van der Waals surface area (Å²) in [4.78, 5) is 12.7. The van der Waals surface area contributed by atoms with Gasteiger partial charge in [0.2, 0.25) is 0 Å². The molecule has 0 aliphatic heterocycles. The van der Waals surface area contributed by atoms with Crippen LogP contribution in [0.25, 0.3) is 11.3 Å². The van der Waals surface area contributed by atoms with E-state index in [-0.39, 0.29) is 46.5 Å². The number of nitrogens with zero attached hydrogens (tertiary/aromatic N) is 1. The molecule has 0 spiro atoms. The molecule has 0 aliphatic rings. The van der Waals surface area contributed by atoms with Gasteiger partial charge in [-0.3, -0.25) is 9.36 Å². The molecule has 0 saturated carbocycles. The third-order valence-corrected chi connectivity index (χ3v) is 6.44. The zero-order valence-corrected chi connectivity index (χ0v) is 25.2. The molecule has 2 aromatic carbocycles. The Balaban J connectivity index is 1.74. The first kappa shape index (κ1) is 33.5. The number of benzene rings is 2. The summed E-state index contributed by atoms with van der Waals surface area (Å²) in [6, 6.07) is 7.00. The van der Waals surface area contributed by atoms with Crippen LogP contribution in [0.3, 0.4) is 0 Å². The lowest BCUT2D eigenvalue weighted by atomic mass is 9.99. The van der Waals surface area contributed by atoms with Gasteiger partial charge in [0, 0.05) is 35.4 Å². The Morgan fingerprint density at radius 3 is 2.19 bits per heavy atom. The van der Waals surface area contributed by atoms with Gasteiger partial charge in [-0.15, -0.1) is 0 Å². The van der Waals surface area contributed by atoms with E-state index in [0.29, 0.717) is 35.3 Å². The number of aromatic nitrogens is 1. The summed E-state index contributed by atoms with van der Waals surface area (Å²) in [5.41, 5.74) is 4.20. The van der Waals surface area contributed by atoms with E-state index in [0.717, 1.165) is 36.8 Å². The highest BCUT2D eigenvalue weighted by Gasteiger charge is 2.22. The minimum absolute atomic E-state index is 0.00214. The van der Waals surface area contributed by atoms with Crippen LogP contribution in [0.4, 0.5) is 23.4 Å². The highest BCUT2D eigenvalue weighted by molar-refractivity contribution is 5.83. The first-order valence-electron chi connectivity index (χ1n) is 14.0. The van der Waals surface area contributed by atoms with Crippen LogP contribution in [0.5, 0.6) is 5.75 Å². The van der Waals surface area contributed by atoms with E-state index in [4.69, 9.17) is 15.2 Å². The van der Waals surface area contributed by atoms with Crippen molar-refractivity contribution in [3.05, 3.63) is 106 Å². The maximum absolute atomic E-state index is 15.3. The number of halogens is 4. The number of rotatable bonds is 13. The van der Waals surface area contributed by atoms with Gasteiger partial charge in [-0.2, -0.15) is 0 Å². The van der Waals surface area contributed by atoms with Gasteiger partial charge in [0.25, 0.3) is 5.56 Å². The van der Waals surface area contributed by atoms with Crippen LogP contribution in [-0.4, -0.2) is 29.4 Å². The van der Waals surface area contributed by atoms with E-state index < -0.39 is 34.5 Å². The van der Waals surface area contributed by atoms with Crippen molar-refractivity contribution in [1.82, 2.24) is 9.88 Å². The lowest BCUT2D eigenvalue weighted by Gasteiger charge is -2.29. The molecule has 0 saturated heterocycles. The number of pyridine rings is 1. The van der Waals surface area contributed by atoms with Crippen molar-refractivity contribution in [2.75, 3.05) is 18.9 Å². The highest BCUT2D eigenvalue weighted by Crippen LogP contribution is 2.31. The molecule has 1 heterocycles. The number of hydrogen-bond acceptors (Lipinski definition) is 5. The first-order chi connectivity index (χ1) is 20.1. The van der Waals surface area contributed by atoms with Crippen LogP contribution in [0, 0.1) is 29.2 Å². The van der Waals surface area contributed by atoms with Crippen molar-refractivity contribution < 1.29 is 27.0 Å². The van der Waals surface area contributed by atoms with Gasteiger partial charge in [-0.05, 0) is 69.8 Å². The van der Waals surface area contributed by atoms with Crippen molar-refractivity contribution in [1.29, 1.82) is 0 Å². The third-order valence-electron chi connectivity index (χ3n) is 6.44. The number of anilines is 1. The van der Waals surface area contributed by atoms with E-state index in [1.807, 2.05) is 20.8 Å². The second-order valence-electron chi connectivity index (χ2n) is 11.7. The smallest absolute Gasteiger partial charge is 0.256 e. The summed E-state index contributed by atoms with van der Waals surface area (Å²) in [5, 5.41) is 3.40. The molecule has 43 heavy (non-hydrogen) atoms. The van der Waals surface area contributed by atoms with Crippen molar-refractivity contribution in [3.8, 4) is 11.4 Å². The Bertz CT molecular complexity index is 1520. The minimum atomic E-state index is -1.09. The van der Waals surface area contributed by atoms with Crippen LogP contribution >= 0.6 is 0 Å². The predicted molar refractivity (Wildman–Crippen MR) is 162 cm³/mol. The van der Waals surface area contributed by atoms with Crippen molar-refractivity contribution in [2.24, 2.45) is 5.92 Å². The topological polar surface area (TPSA) is 78.5 Å². The average molecular weight is 602 g/mol. The Hall–Kier alpha value is -4.05. The fourth-order valence-corrected chi connectivity index (χ4v) is 4.56. The van der Waals surface area contributed by atoms with Crippen LogP contribution in [0.15, 0.2) is 66.2 Å². The number of ether oxygens (including phenoxy) is 2. The lowest BCUT2D eigenvalue weighted by Crippen LogP contribution is -2.36. The highest BCUT2D eigenvalue weighted by atomic mass is 19.1. The molecule has 0 fully saturated rings. The monoisotopic (exact) mass is 601 g/mol. The molecule has 0 bridgehead atoms. The van der Waals surface area contributed by atoms with E-state index in [1.54, 1.807) is 0 Å². The average Bonchev–Trinajstić information content (AvgIpc) is 2.87. The second-order valence-corrected chi connectivity index (χ2v) is 11.7. The zero-order valence-electron chi connectivity index (χ0n) is 25.2. The fraction of sp³-hybridized carbons (Fsp3) is 0.364. The van der Waals surface area contributed by atoms with Crippen molar-refractivity contribution in [3.63, 3.8) is 0 Å². The standard InChI is InChI=1S/C33H39F4N3O3/c1-19(2)15-29(21(4)43-33(5,6)7)39-13-8-14-42-23-17-27(36)31(28(37)18-23)40-30(41)12-11-25(32(40)38)20(3)24-10-9-22(34)16-26(24)35/h9-12,16-19,29,39H,3-4,8,13-15,38H2,1-2,5-7H3/t29-/m0/s1. The normalized spacial score (nSPS) is 12.3. The summed E-state index contributed by atoms with van der Waals surface area (Å²) in [5.74, 6) is -3.27. The van der Waals surface area contributed by atoms with E-state index >= 15 is 8.78 Å². The molecule has 0 amide bonds. The molecule has 3 N–H and O–H groups in total. The third kappa shape index (κ3) is 8.73. The van der Waals surface area contributed by atoms with Crippen molar-refractivity contribution >= 4 is 11.4 Å². The summed E-state index contributed by atoms with van der Waals surface area (Å²) in [6.07, 6.45) is 1.35. The van der Waals surface area contributed by atoms with E-state index in [9.17, 15) is 13.6 Å². The van der Waals surface area contributed by atoms with Crippen molar-refractivity contribution in [2.45, 2.75) is 59.1 Å². The van der Waals surface area contributed by atoms with Gasteiger partial charge in [0.05, 0.1) is 12.6 Å². The van der Waals surface area contributed by atoms with Gasteiger partial charge >= 0.3 is 0 Å². The molecule has 232 valence electrons. The molecule has 0 radical (unpaired) electrons. The predicted octanol–water partition coefficient (Wildman–Crippen LogP) is 7.14. The largest absolute Gasteiger partial charge is 0.493 e. The molecular weight excluding hydrogens is 562 g/mol. The number of nitrogens with two attached hydrogens (primary N) is 1. The quantitative estimate of drug-likeness (QED) is 0.124. The first-order valence-corrected chi connectivity index (χ1v) is 14.0. The van der Waals surface area contributed by atoms with Crippen LogP contribution in [-0.2, 0) is 4.74 Å². The van der Waals surface area contributed by atoms with E-state index in [2.05, 4.69) is 32.3 Å². The zero-order chi connectivity index (χ0) is 32.1. The number of nitrogens with one attached hydrogen (secondary N) is 1. The number of hydrogen-bond donors (Lipinski definition) is 2. The van der Waals surface area contributed by atoms with Gasteiger partial charge in [-0.1, -0.05) is 27.0 Å². The maximum atomic E-state index is 15.3. The molecule has 1 aromatic heterocycles. The summed E-state index contributed by atoms with van der Waals surface area (Å²) >= 11 is 0. The van der Waals surface area contributed by atoms with E-state index in [1.165, 1.54) is 6.07 Å². The summed E-state index contributed by atoms with van der Waals surface area (Å²) in [7, 11) is 0. The Kier molecular flexibility index (Phi) is 10.9.